The van der Waals surface area contributed by atoms with Gasteiger partial charge in [0.15, 0.2) is 0 Å². The average Bonchev–Trinajstić information content (AvgIpc) is 2.35. The van der Waals surface area contributed by atoms with E-state index < -0.39 is 0 Å². The van der Waals surface area contributed by atoms with Crippen molar-refractivity contribution in [2.24, 2.45) is 0 Å². The van der Waals surface area contributed by atoms with Crippen LogP contribution in [-0.2, 0) is 6.42 Å². The average molecular weight is 226 g/mol. The van der Waals surface area contributed by atoms with Crippen molar-refractivity contribution in [3.05, 3.63) is 54.1 Å². The SMILES string of the molecule is CCCc1cc(Nc2ccccc2)ccc1N. The minimum atomic E-state index is 0.880. The third kappa shape index (κ3) is 3.00. The lowest BCUT2D eigenvalue weighted by atomic mass is 10.1. The first-order valence-electron chi connectivity index (χ1n) is 6.00. The fourth-order valence-corrected chi connectivity index (χ4v) is 1.86. The topological polar surface area (TPSA) is 38.0 Å². The highest BCUT2D eigenvalue weighted by Gasteiger charge is 2.00. The minimum Gasteiger partial charge on any atom is -0.399 e. The van der Waals surface area contributed by atoms with E-state index in [9.17, 15) is 0 Å². The van der Waals surface area contributed by atoms with Crippen LogP contribution in [0.5, 0.6) is 0 Å². The number of nitrogen functional groups attached to an aromatic ring is 1. The second-order valence-corrected chi connectivity index (χ2v) is 4.15. The van der Waals surface area contributed by atoms with Gasteiger partial charge < -0.3 is 11.1 Å². The molecule has 0 heterocycles. The van der Waals surface area contributed by atoms with Gasteiger partial charge in [-0.3, -0.25) is 0 Å². The van der Waals surface area contributed by atoms with Gasteiger partial charge in [0.2, 0.25) is 0 Å². The van der Waals surface area contributed by atoms with Crippen LogP contribution in [0.3, 0.4) is 0 Å². The van der Waals surface area contributed by atoms with Crippen molar-refractivity contribution in [1.29, 1.82) is 0 Å². The zero-order valence-corrected chi connectivity index (χ0v) is 10.1. The van der Waals surface area contributed by atoms with Crippen LogP contribution >= 0.6 is 0 Å². The number of nitrogens with one attached hydrogen (secondary N) is 1. The molecule has 0 radical (unpaired) electrons. The fraction of sp³-hybridized carbons (Fsp3) is 0.200. The molecule has 0 aliphatic carbocycles. The first kappa shape index (κ1) is 11.5. The Hall–Kier alpha value is -1.96. The predicted molar refractivity (Wildman–Crippen MR) is 74.6 cm³/mol. The Morgan fingerprint density at radius 1 is 1.00 bits per heavy atom. The lowest BCUT2D eigenvalue weighted by molar-refractivity contribution is 0.925. The van der Waals surface area contributed by atoms with Crippen LogP contribution < -0.4 is 11.1 Å². The number of nitrogens with two attached hydrogens (primary N) is 1. The molecule has 0 saturated heterocycles. The van der Waals surface area contributed by atoms with Crippen LogP contribution in [0.2, 0.25) is 0 Å². The Morgan fingerprint density at radius 2 is 1.76 bits per heavy atom. The highest BCUT2D eigenvalue weighted by Crippen LogP contribution is 2.22. The van der Waals surface area contributed by atoms with E-state index >= 15 is 0 Å². The summed E-state index contributed by atoms with van der Waals surface area (Å²) < 4.78 is 0. The maximum absolute atomic E-state index is 5.94. The van der Waals surface area contributed by atoms with Crippen LogP contribution in [0.25, 0.3) is 0 Å². The van der Waals surface area contributed by atoms with Gasteiger partial charge >= 0.3 is 0 Å². The number of anilines is 3. The van der Waals surface area contributed by atoms with Crippen molar-refractivity contribution in [2.75, 3.05) is 11.1 Å². The van der Waals surface area contributed by atoms with E-state index in [-0.39, 0.29) is 0 Å². The Kier molecular flexibility index (Phi) is 3.66. The second kappa shape index (κ2) is 5.39. The molecule has 2 aromatic rings. The van der Waals surface area contributed by atoms with Gasteiger partial charge in [0.25, 0.3) is 0 Å². The number of aryl methyl sites for hydroxylation is 1. The number of rotatable bonds is 4. The molecular weight excluding hydrogens is 208 g/mol. The van der Waals surface area contributed by atoms with E-state index in [1.807, 2.05) is 30.3 Å². The molecule has 0 saturated carbocycles. The van der Waals surface area contributed by atoms with E-state index in [1.54, 1.807) is 0 Å². The van der Waals surface area contributed by atoms with Crippen LogP contribution in [0, 0.1) is 0 Å². The normalized spacial score (nSPS) is 10.2. The summed E-state index contributed by atoms with van der Waals surface area (Å²) >= 11 is 0. The van der Waals surface area contributed by atoms with Gasteiger partial charge in [-0.1, -0.05) is 31.5 Å². The van der Waals surface area contributed by atoms with Crippen LogP contribution in [0.15, 0.2) is 48.5 Å². The summed E-state index contributed by atoms with van der Waals surface area (Å²) in [5.41, 5.74) is 10.2. The van der Waals surface area contributed by atoms with Crippen molar-refractivity contribution in [1.82, 2.24) is 0 Å². The molecule has 2 rings (SSSR count). The highest BCUT2D eigenvalue weighted by molar-refractivity contribution is 5.64. The molecule has 17 heavy (non-hydrogen) atoms. The lowest BCUT2D eigenvalue weighted by Crippen LogP contribution is -1.96. The number of hydrogen-bond acceptors (Lipinski definition) is 2. The largest absolute Gasteiger partial charge is 0.399 e. The Morgan fingerprint density at radius 3 is 2.47 bits per heavy atom. The standard InChI is InChI=1S/C15H18N2/c1-2-6-12-11-14(9-10-15(12)16)17-13-7-4-3-5-8-13/h3-5,7-11,17H,2,6,16H2,1H3. The van der Waals surface area contributed by atoms with Crippen molar-refractivity contribution in [3.8, 4) is 0 Å². The third-order valence-electron chi connectivity index (χ3n) is 2.72. The molecular formula is C15H18N2. The van der Waals surface area contributed by atoms with Gasteiger partial charge in [-0.05, 0) is 42.3 Å². The lowest BCUT2D eigenvalue weighted by Gasteiger charge is -2.10. The molecule has 0 aliphatic heterocycles. The summed E-state index contributed by atoms with van der Waals surface area (Å²) in [5.74, 6) is 0. The molecule has 2 nitrogen and oxygen atoms in total. The summed E-state index contributed by atoms with van der Waals surface area (Å²) in [7, 11) is 0. The molecule has 0 amide bonds. The van der Waals surface area contributed by atoms with Crippen molar-refractivity contribution in [3.63, 3.8) is 0 Å². The number of benzene rings is 2. The summed E-state index contributed by atoms with van der Waals surface area (Å²) in [6.45, 7) is 2.16. The predicted octanol–water partition coefficient (Wildman–Crippen LogP) is 3.96. The molecule has 0 spiro atoms. The molecule has 0 atom stereocenters. The summed E-state index contributed by atoms with van der Waals surface area (Å²) in [5, 5.41) is 3.37. The molecule has 0 bridgehead atoms. The zero-order valence-electron chi connectivity index (χ0n) is 10.1. The van der Waals surface area contributed by atoms with Gasteiger partial charge in [0.05, 0.1) is 0 Å². The highest BCUT2D eigenvalue weighted by atomic mass is 14.9. The van der Waals surface area contributed by atoms with Crippen LogP contribution in [0.1, 0.15) is 18.9 Å². The summed E-state index contributed by atoms with van der Waals surface area (Å²) in [4.78, 5) is 0. The number of para-hydroxylation sites is 1. The minimum absolute atomic E-state index is 0.880. The summed E-state index contributed by atoms with van der Waals surface area (Å²) in [6, 6.07) is 16.3. The smallest absolute Gasteiger partial charge is 0.0388 e. The molecule has 88 valence electrons. The zero-order chi connectivity index (χ0) is 12.1. The number of hydrogen-bond donors (Lipinski definition) is 2. The Bertz CT molecular complexity index is 478. The van der Waals surface area contributed by atoms with Gasteiger partial charge in [-0.2, -0.15) is 0 Å². The Balaban J connectivity index is 2.19. The van der Waals surface area contributed by atoms with Gasteiger partial charge in [-0.25, -0.2) is 0 Å². The van der Waals surface area contributed by atoms with Crippen LogP contribution in [-0.4, -0.2) is 0 Å². The molecule has 2 heteroatoms. The molecule has 0 fully saturated rings. The van der Waals surface area contributed by atoms with E-state index in [0.29, 0.717) is 0 Å². The maximum atomic E-state index is 5.94. The van der Waals surface area contributed by atoms with E-state index in [4.69, 9.17) is 5.73 Å². The van der Waals surface area contributed by atoms with Crippen molar-refractivity contribution in [2.45, 2.75) is 19.8 Å². The summed E-state index contributed by atoms with van der Waals surface area (Å²) in [6.07, 6.45) is 2.13. The monoisotopic (exact) mass is 226 g/mol. The molecule has 2 aromatic carbocycles. The second-order valence-electron chi connectivity index (χ2n) is 4.15. The maximum Gasteiger partial charge on any atom is 0.0388 e. The van der Waals surface area contributed by atoms with Gasteiger partial charge in [0.1, 0.15) is 0 Å². The molecule has 0 aromatic heterocycles. The first-order valence-corrected chi connectivity index (χ1v) is 6.00. The fourth-order valence-electron chi connectivity index (χ4n) is 1.86. The molecule has 0 aliphatic rings. The van der Waals surface area contributed by atoms with Crippen LogP contribution in [0.4, 0.5) is 17.1 Å². The van der Waals surface area contributed by atoms with Crippen molar-refractivity contribution < 1.29 is 0 Å². The van der Waals surface area contributed by atoms with E-state index in [1.165, 1.54) is 5.56 Å². The quantitative estimate of drug-likeness (QED) is 0.774. The first-order chi connectivity index (χ1) is 8.29. The third-order valence-corrected chi connectivity index (χ3v) is 2.72. The molecule has 0 unspecified atom stereocenters. The van der Waals surface area contributed by atoms with Crippen molar-refractivity contribution >= 4 is 17.1 Å². The van der Waals surface area contributed by atoms with E-state index in [2.05, 4.69) is 30.4 Å². The Labute approximate surface area is 102 Å². The molecule has 3 N–H and O–H groups in total. The van der Waals surface area contributed by atoms with Gasteiger partial charge in [0, 0.05) is 17.1 Å². The van der Waals surface area contributed by atoms with Gasteiger partial charge in [-0.15, -0.1) is 0 Å². The van der Waals surface area contributed by atoms with E-state index in [0.717, 1.165) is 29.9 Å².